The molecule has 0 unspecified atom stereocenters. The first-order chi connectivity index (χ1) is 7.24. The molecule has 76 valence electrons. The minimum atomic E-state index is 0.0480. The normalized spacial score (nSPS) is 12.9. The molecule has 0 atom stereocenters. The van der Waals surface area contributed by atoms with E-state index in [0.717, 1.165) is 12.2 Å². The summed E-state index contributed by atoms with van der Waals surface area (Å²) in [5, 5.41) is 12.5. The lowest BCUT2D eigenvalue weighted by Gasteiger charge is -2.19. The van der Waals surface area contributed by atoms with Crippen molar-refractivity contribution < 1.29 is 5.11 Å². The number of imidazole rings is 1. The fourth-order valence-corrected chi connectivity index (χ4v) is 1.90. The first-order valence-electron chi connectivity index (χ1n) is 4.86. The minimum absolute atomic E-state index is 0.0480. The molecule has 0 saturated carbocycles. The van der Waals surface area contributed by atoms with Crippen LogP contribution in [0.3, 0.4) is 0 Å². The van der Waals surface area contributed by atoms with E-state index in [0.29, 0.717) is 5.95 Å². The van der Waals surface area contributed by atoms with Crippen LogP contribution in [0.1, 0.15) is 11.1 Å². The summed E-state index contributed by atoms with van der Waals surface area (Å²) in [6, 6.07) is 6.28. The minimum Gasteiger partial charge on any atom is -0.492 e. The van der Waals surface area contributed by atoms with Crippen molar-refractivity contribution in [2.45, 2.75) is 13.5 Å². The number of aryl methyl sites for hydroxylation is 1. The highest BCUT2D eigenvalue weighted by Gasteiger charge is 2.17. The van der Waals surface area contributed by atoms with Crippen molar-refractivity contribution in [3.63, 3.8) is 0 Å². The van der Waals surface area contributed by atoms with Crippen molar-refractivity contribution in [1.82, 2.24) is 9.55 Å². The van der Waals surface area contributed by atoms with Gasteiger partial charge in [0.25, 0.3) is 0 Å². The van der Waals surface area contributed by atoms with Gasteiger partial charge in [0.15, 0.2) is 0 Å². The maximum Gasteiger partial charge on any atom is 0.231 e. The molecule has 2 N–H and O–H groups in total. The van der Waals surface area contributed by atoms with Gasteiger partial charge in [0.1, 0.15) is 0 Å². The zero-order valence-corrected chi connectivity index (χ0v) is 8.36. The summed E-state index contributed by atoms with van der Waals surface area (Å²) in [6.45, 7) is 2.81. The number of nitrogens with zero attached hydrogens (tertiary/aromatic N) is 2. The number of nitrogens with one attached hydrogen (secondary N) is 1. The van der Waals surface area contributed by atoms with Gasteiger partial charge in [-0.1, -0.05) is 12.1 Å². The monoisotopic (exact) mass is 201 g/mol. The maximum atomic E-state index is 9.35. The number of hydrogen-bond donors (Lipinski definition) is 2. The fraction of sp³-hybridized carbons (Fsp3) is 0.182. The van der Waals surface area contributed by atoms with Crippen molar-refractivity contribution in [2.75, 3.05) is 5.32 Å². The molecule has 2 aromatic rings. The van der Waals surface area contributed by atoms with Gasteiger partial charge in [0.05, 0.1) is 11.9 Å². The van der Waals surface area contributed by atoms with Gasteiger partial charge in [-0.15, -0.1) is 0 Å². The lowest BCUT2D eigenvalue weighted by atomic mass is 10.1. The van der Waals surface area contributed by atoms with E-state index in [-0.39, 0.29) is 5.88 Å². The van der Waals surface area contributed by atoms with E-state index < -0.39 is 0 Å². The van der Waals surface area contributed by atoms with Gasteiger partial charge in [0, 0.05) is 6.54 Å². The van der Waals surface area contributed by atoms with Crippen LogP contribution < -0.4 is 5.32 Å². The molecule has 1 aliphatic rings. The molecule has 1 aromatic carbocycles. The molecule has 0 radical (unpaired) electrons. The Hall–Kier alpha value is -1.97. The largest absolute Gasteiger partial charge is 0.492 e. The van der Waals surface area contributed by atoms with Crippen LogP contribution in [-0.4, -0.2) is 14.7 Å². The predicted octanol–water partition coefficient (Wildman–Crippen LogP) is 1.81. The Morgan fingerprint density at radius 1 is 1.47 bits per heavy atom. The van der Waals surface area contributed by atoms with Crippen molar-refractivity contribution in [2.24, 2.45) is 0 Å². The molecule has 4 heteroatoms. The smallest absolute Gasteiger partial charge is 0.231 e. The Bertz CT molecular complexity index is 531. The van der Waals surface area contributed by atoms with Gasteiger partial charge in [0.2, 0.25) is 11.8 Å². The molecular weight excluding hydrogens is 190 g/mol. The SMILES string of the molecule is Cc1ccc2c(c1)-n1cc(O)nc1NC2. The first-order valence-corrected chi connectivity index (χ1v) is 4.86. The van der Waals surface area contributed by atoms with Gasteiger partial charge in [-0.05, 0) is 24.1 Å². The highest BCUT2D eigenvalue weighted by Crippen LogP contribution is 2.28. The third-order valence-electron chi connectivity index (χ3n) is 2.63. The van der Waals surface area contributed by atoms with Crippen LogP contribution in [0.2, 0.25) is 0 Å². The summed E-state index contributed by atoms with van der Waals surface area (Å²) in [6.07, 6.45) is 1.62. The molecule has 3 rings (SSSR count). The molecule has 0 spiro atoms. The summed E-state index contributed by atoms with van der Waals surface area (Å²) in [5.41, 5.74) is 3.51. The Morgan fingerprint density at radius 3 is 3.20 bits per heavy atom. The molecule has 0 fully saturated rings. The van der Waals surface area contributed by atoms with E-state index >= 15 is 0 Å². The van der Waals surface area contributed by atoms with Crippen LogP contribution in [0, 0.1) is 6.92 Å². The van der Waals surface area contributed by atoms with Crippen LogP contribution in [0.15, 0.2) is 24.4 Å². The van der Waals surface area contributed by atoms with Crippen LogP contribution in [0.25, 0.3) is 5.69 Å². The van der Waals surface area contributed by atoms with Crippen LogP contribution in [0.5, 0.6) is 5.88 Å². The van der Waals surface area contributed by atoms with Crippen molar-refractivity contribution >= 4 is 5.95 Å². The molecule has 2 heterocycles. The van der Waals surface area contributed by atoms with Crippen LogP contribution >= 0.6 is 0 Å². The van der Waals surface area contributed by atoms with Crippen LogP contribution in [-0.2, 0) is 6.54 Å². The van der Waals surface area contributed by atoms with Crippen molar-refractivity contribution in [3.05, 3.63) is 35.5 Å². The summed E-state index contributed by atoms with van der Waals surface area (Å²) >= 11 is 0. The fourth-order valence-electron chi connectivity index (χ4n) is 1.90. The van der Waals surface area contributed by atoms with Crippen LogP contribution in [0.4, 0.5) is 5.95 Å². The first kappa shape index (κ1) is 8.35. The lowest BCUT2D eigenvalue weighted by Crippen LogP contribution is -2.14. The summed E-state index contributed by atoms with van der Waals surface area (Å²) in [7, 11) is 0. The zero-order chi connectivity index (χ0) is 10.4. The molecule has 1 aliphatic heterocycles. The Balaban J connectivity index is 2.27. The highest BCUT2D eigenvalue weighted by atomic mass is 16.3. The number of fused-ring (bicyclic) bond motifs is 3. The third kappa shape index (κ3) is 1.18. The highest BCUT2D eigenvalue weighted by molar-refractivity contribution is 5.54. The van der Waals surface area contributed by atoms with E-state index in [4.69, 9.17) is 0 Å². The number of aromatic nitrogens is 2. The molecule has 0 saturated heterocycles. The van der Waals surface area contributed by atoms with E-state index in [1.54, 1.807) is 6.20 Å². The number of hydrogen-bond acceptors (Lipinski definition) is 3. The van der Waals surface area contributed by atoms with Gasteiger partial charge >= 0.3 is 0 Å². The molecular formula is C11H11N3O. The van der Waals surface area contributed by atoms with E-state index in [1.807, 2.05) is 4.57 Å². The van der Waals surface area contributed by atoms with E-state index in [2.05, 4.69) is 35.4 Å². The standard InChI is InChI=1S/C11H11N3O/c1-7-2-3-8-5-12-11-13-10(15)6-14(11)9(8)4-7/h2-4,6,15H,5H2,1H3,(H,12,13). The molecule has 0 amide bonds. The second-order valence-electron chi connectivity index (χ2n) is 3.78. The van der Waals surface area contributed by atoms with Gasteiger partial charge in [-0.25, -0.2) is 0 Å². The van der Waals surface area contributed by atoms with E-state index in [1.165, 1.54) is 11.1 Å². The molecule has 0 aliphatic carbocycles. The average molecular weight is 201 g/mol. The van der Waals surface area contributed by atoms with Gasteiger partial charge in [-0.2, -0.15) is 4.98 Å². The summed E-state index contributed by atoms with van der Waals surface area (Å²) < 4.78 is 1.88. The van der Waals surface area contributed by atoms with Crippen molar-refractivity contribution in [1.29, 1.82) is 0 Å². The number of aromatic hydroxyl groups is 1. The molecule has 1 aromatic heterocycles. The quantitative estimate of drug-likeness (QED) is 0.683. The maximum absolute atomic E-state index is 9.35. The zero-order valence-electron chi connectivity index (χ0n) is 8.36. The lowest BCUT2D eigenvalue weighted by molar-refractivity contribution is 0.456. The number of anilines is 1. The molecule has 4 nitrogen and oxygen atoms in total. The van der Waals surface area contributed by atoms with E-state index in [9.17, 15) is 5.11 Å². The summed E-state index contributed by atoms with van der Waals surface area (Å²) in [5.74, 6) is 0.748. The number of rotatable bonds is 0. The number of benzene rings is 1. The summed E-state index contributed by atoms with van der Waals surface area (Å²) in [4.78, 5) is 3.99. The second-order valence-corrected chi connectivity index (χ2v) is 3.78. The van der Waals surface area contributed by atoms with Gasteiger partial charge in [-0.3, -0.25) is 4.57 Å². The molecule has 15 heavy (non-hydrogen) atoms. The average Bonchev–Trinajstić information content (AvgIpc) is 2.58. The second kappa shape index (κ2) is 2.76. The Morgan fingerprint density at radius 2 is 2.33 bits per heavy atom. The third-order valence-corrected chi connectivity index (χ3v) is 2.63. The van der Waals surface area contributed by atoms with Crippen molar-refractivity contribution in [3.8, 4) is 11.6 Å². The Labute approximate surface area is 87.2 Å². The Kier molecular flexibility index (Phi) is 1.54. The topological polar surface area (TPSA) is 50.1 Å². The predicted molar refractivity (Wildman–Crippen MR) is 57.3 cm³/mol. The van der Waals surface area contributed by atoms with Gasteiger partial charge < -0.3 is 10.4 Å². The molecule has 0 bridgehead atoms.